The Kier molecular flexibility index (Phi) is 53.6. The number of rotatable bonds is 48. The van der Waals surface area contributed by atoms with E-state index in [0.717, 1.165) is 135 Å². The number of hydrogen-bond donors (Lipinski definition) is 0. The Morgan fingerprint density at radius 3 is 0.859 bits per heavy atom. The molecule has 0 amide bonds. The Morgan fingerprint density at radius 2 is 0.535 bits per heavy atom. The number of ether oxygens (including phenoxy) is 3. The van der Waals surface area contributed by atoms with Crippen LogP contribution >= 0.6 is 0 Å². The lowest BCUT2D eigenvalue weighted by atomic mass is 10.1. The van der Waals surface area contributed by atoms with Gasteiger partial charge in [-0.05, 0) is 128 Å². The van der Waals surface area contributed by atoms with E-state index < -0.39 is 12.1 Å². The predicted molar refractivity (Wildman–Crippen MR) is 306 cm³/mol. The largest absolute Gasteiger partial charge is 0.462 e. The van der Waals surface area contributed by atoms with Crippen LogP contribution in [-0.2, 0) is 28.6 Å². The third-order valence-electron chi connectivity index (χ3n) is 11.0. The van der Waals surface area contributed by atoms with Gasteiger partial charge in [0.1, 0.15) is 13.2 Å². The average molecular weight is 978 g/mol. The minimum Gasteiger partial charge on any atom is -0.462 e. The molecule has 0 heterocycles. The monoisotopic (exact) mass is 977 g/mol. The number of hydrogen-bond acceptors (Lipinski definition) is 6. The van der Waals surface area contributed by atoms with Crippen LogP contribution in [0, 0.1) is 0 Å². The molecule has 0 aromatic heterocycles. The minimum atomic E-state index is -0.842. The van der Waals surface area contributed by atoms with Crippen LogP contribution in [0.3, 0.4) is 0 Å². The molecule has 71 heavy (non-hydrogen) atoms. The van der Waals surface area contributed by atoms with Crippen LogP contribution in [0.5, 0.6) is 0 Å². The van der Waals surface area contributed by atoms with Gasteiger partial charge in [-0.1, -0.05) is 224 Å². The second kappa shape index (κ2) is 57.6. The van der Waals surface area contributed by atoms with Crippen LogP contribution in [0.1, 0.15) is 213 Å². The second-order valence-electron chi connectivity index (χ2n) is 17.7. The Bertz CT molecular complexity index is 1640. The average Bonchev–Trinajstić information content (AvgIpc) is 3.37. The van der Waals surface area contributed by atoms with Gasteiger partial charge < -0.3 is 14.2 Å². The van der Waals surface area contributed by atoms with Crippen molar-refractivity contribution in [2.75, 3.05) is 13.2 Å². The maximum absolute atomic E-state index is 12.8. The van der Waals surface area contributed by atoms with Crippen molar-refractivity contribution in [3.63, 3.8) is 0 Å². The first kappa shape index (κ1) is 66.0. The fourth-order valence-electron chi connectivity index (χ4n) is 6.94. The summed E-state index contributed by atoms with van der Waals surface area (Å²) in [4.78, 5) is 38.1. The molecule has 0 bridgehead atoms. The molecule has 0 aromatic carbocycles. The van der Waals surface area contributed by atoms with Crippen LogP contribution < -0.4 is 0 Å². The highest BCUT2D eigenvalue weighted by Crippen LogP contribution is 2.13. The van der Waals surface area contributed by atoms with E-state index in [1.54, 1.807) is 0 Å². The summed E-state index contributed by atoms with van der Waals surface area (Å²) in [6.45, 7) is 6.18. The third kappa shape index (κ3) is 55.8. The standard InChI is InChI=1S/C65H100O6/c1-4-7-10-13-16-19-22-25-27-29-31-32-34-35-37-40-43-46-49-52-55-58-64(67)70-61-62(60-69-63(66)57-54-51-48-45-42-39-24-21-18-15-12-9-6-3)71-65(68)59-56-53-50-47-44-41-38-36-33-30-28-26-23-20-17-14-11-8-5-2/h7-12,16-21,25-28,31-33,36,39,41-42,44,50,53,62H,4-6,13-15,22-24,29-30,34-35,37-38,40,43,45-49,51-52,54-61H2,1-3H3/b10-7-,11-8-,12-9-,19-16-,20-17-,21-18-,27-25-,28-26-,32-31-,36-33-,42-39-,44-41-,53-50-. The van der Waals surface area contributed by atoms with Crippen LogP contribution in [0.15, 0.2) is 158 Å². The van der Waals surface area contributed by atoms with Gasteiger partial charge in [0.05, 0.1) is 0 Å². The zero-order chi connectivity index (χ0) is 51.4. The highest BCUT2D eigenvalue weighted by Gasteiger charge is 2.19. The van der Waals surface area contributed by atoms with Crippen molar-refractivity contribution in [3.05, 3.63) is 158 Å². The summed E-state index contributed by atoms with van der Waals surface area (Å²) in [5.41, 5.74) is 0. The van der Waals surface area contributed by atoms with E-state index in [1.807, 2.05) is 12.2 Å². The van der Waals surface area contributed by atoms with E-state index in [1.165, 1.54) is 32.1 Å². The molecule has 0 aromatic rings. The fraction of sp³-hybridized carbons (Fsp3) is 0.554. The first-order valence-corrected chi connectivity index (χ1v) is 28.0. The van der Waals surface area contributed by atoms with E-state index in [9.17, 15) is 14.4 Å². The van der Waals surface area contributed by atoms with Crippen LogP contribution in [0.2, 0.25) is 0 Å². The van der Waals surface area contributed by atoms with Gasteiger partial charge in [0.2, 0.25) is 0 Å². The molecule has 0 fully saturated rings. The third-order valence-corrected chi connectivity index (χ3v) is 11.0. The molecular weight excluding hydrogens is 877 g/mol. The maximum atomic E-state index is 12.8. The Labute approximate surface area is 435 Å². The van der Waals surface area contributed by atoms with E-state index in [2.05, 4.69) is 167 Å². The Hall–Kier alpha value is -4.97. The second-order valence-corrected chi connectivity index (χ2v) is 17.7. The fourth-order valence-corrected chi connectivity index (χ4v) is 6.94. The summed E-state index contributed by atoms with van der Waals surface area (Å²) >= 11 is 0. The zero-order valence-electron chi connectivity index (χ0n) is 45.2. The smallest absolute Gasteiger partial charge is 0.306 e. The summed E-state index contributed by atoms with van der Waals surface area (Å²) in [5, 5.41) is 0. The molecule has 1 unspecified atom stereocenters. The van der Waals surface area contributed by atoms with Crippen molar-refractivity contribution < 1.29 is 28.6 Å². The van der Waals surface area contributed by atoms with Gasteiger partial charge in [-0.3, -0.25) is 14.4 Å². The lowest BCUT2D eigenvalue weighted by molar-refractivity contribution is -0.166. The Balaban J connectivity index is 4.55. The molecular formula is C65H100O6. The molecule has 0 spiro atoms. The number of carbonyl (C=O) groups excluding carboxylic acids is 3. The molecule has 0 radical (unpaired) electrons. The Morgan fingerprint density at radius 1 is 0.282 bits per heavy atom. The molecule has 0 saturated carbocycles. The topological polar surface area (TPSA) is 78.9 Å². The molecule has 6 heteroatoms. The van der Waals surface area contributed by atoms with Gasteiger partial charge in [0.15, 0.2) is 6.10 Å². The van der Waals surface area contributed by atoms with Gasteiger partial charge in [-0.25, -0.2) is 0 Å². The van der Waals surface area contributed by atoms with Crippen molar-refractivity contribution >= 4 is 17.9 Å². The van der Waals surface area contributed by atoms with Crippen molar-refractivity contribution in [1.29, 1.82) is 0 Å². The summed E-state index contributed by atoms with van der Waals surface area (Å²) in [6, 6.07) is 0. The van der Waals surface area contributed by atoms with Crippen LogP contribution in [0.4, 0.5) is 0 Å². The van der Waals surface area contributed by atoms with Crippen molar-refractivity contribution in [2.24, 2.45) is 0 Å². The summed E-state index contributed by atoms with van der Waals surface area (Å²) in [5.74, 6) is -1.06. The highest BCUT2D eigenvalue weighted by molar-refractivity contribution is 5.71. The highest BCUT2D eigenvalue weighted by atomic mass is 16.6. The van der Waals surface area contributed by atoms with Crippen molar-refractivity contribution in [2.45, 2.75) is 219 Å². The SMILES string of the molecule is CC/C=C\C/C=C\C/C=C\C/C=C\C/C=C\C/C=C\CCC(=O)OC(COC(=O)CCCCC/C=C\C/C=C\C/C=C\CC)COC(=O)CCCCCCCCCC/C=C\C/C=C\C/C=C\C/C=C\CC. The molecule has 1 atom stereocenters. The van der Waals surface area contributed by atoms with Crippen LogP contribution in [0.25, 0.3) is 0 Å². The molecule has 0 aliphatic heterocycles. The first-order valence-electron chi connectivity index (χ1n) is 28.0. The lowest BCUT2D eigenvalue weighted by Gasteiger charge is -2.18. The molecule has 0 saturated heterocycles. The maximum Gasteiger partial charge on any atom is 0.306 e. The normalized spacial score (nSPS) is 13.3. The van der Waals surface area contributed by atoms with E-state index in [-0.39, 0.29) is 31.6 Å². The van der Waals surface area contributed by atoms with E-state index >= 15 is 0 Å². The van der Waals surface area contributed by atoms with Gasteiger partial charge in [0.25, 0.3) is 0 Å². The van der Waals surface area contributed by atoms with Gasteiger partial charge >= 0.3 is 17.9 Å². The molecule has 0 aliphatic carbocycles. The zero-order valence-corrected chi connectivity index (χ0v) is 45.2. The van der Waals surface area contributed by atoms with Gasteiger partial charge in [0, 0.05) is 19.3 Å². The summed E-state index contributed by atoms with van der Waals surface area (Å²) in [7, 11) is 0. The minimum absolute atomic E-state index is 0.129. The van der Waals surface area contributed by atoms with E-state index in [4.69, 9.17) is 14.2 Å². The molecule has 6 nitrogen and oxygen atoms in total. The van der Waals surface area contributed by atoms with Crippen LogP contribution in [-0.4, -0.2) is 37.2 Å². The van der Waals surface area contributed by atoms with E-state index in [0.29, 0.717) is 19.3 Å². The van der Waals surface area contributed by atoms with Gasteiger partial charge in [-0.2, -0.15) is 0 Å². The summed E-state index contributed by atoms with van der Waals surface area (Å²) < 4.78 is 16.7. The quantitative estimate of drug-likeness (QED) is 0.0262. The van der Waals surface area contributed by atoms with Crippen molar-refractivity contribution in [1.82, 2.24) is 0 Å². The lowest BCUT2D eigenvalue weighted by Crippen LogP contribution is -2.30. The van der Waals surface area contributed by atoms with Gasteiger partial charge in [-0.15, -0.1) is 0 Å². The molecule has 0 rings (SSSR count). The number of carbonyl (C=O) groups is 3. The number of unbranched alkanes of at least 4 members (excludes halogenated alkanes) is 11. The predicted octanol–water partition coefficient (Wildman–Crippen LogP) is 19.0. The molecule has 0 N–H and O–H groups in total. The molecule has 0 aliphatic rings. The summed E-state index contributed by atoms with van der Waals surface area (Å²) in [6.07, 6.45) is 83.9. The number of allylic oxidation sites excluding steroid dienone is 26. The number of esters is 3. The first-order chi connectivity index (χ1) is 35.0. The van der Waals surface area contributed by atoms with Crippen molar-refractivity contribution in [3.8, 4) is 0 Å². The molecule has 396 valence electrons.